The minimum absolute atomic E-state index is 0.0500. The van der Waals surface area contributed by atoms with Crippen LogP contribution in [0.4, 0.5) is 5.69 Å². The second kappa shape index (κ2) is 14.2. The number of carbonyl (C=O) groups excluding carboxylic acids is 2. The van der Waals surface area contributed by atoms with Gasteiger partial charge in [0.25, 0.3) is 0 Å². The molecule has 1 aliphatic rings. The lowest BCUT2D eigenvalue weighted by Gasteiger charge is -2.32. The normalized spacial score (nSPS) is 14.9. The summed E-state index contributed by atoms with van der Waals surface area (Å²) in [5.74, 6) is 0.131. The van der Waals surface area contributed by atoms with E-state index >= 15 is 0 Å². The summed E-state index contributed by atoms with van der Waals surface area (Å²) < 4.78 is 31.4. The topological polar surface area (TPSA) is 96.0 Å². The number of hydrogen-bond acceptors (Lipinski definition) is 5. The number of amides is 2. The van der Waals surface area contributed by atoms with Gasteiger partial charge in [-0.2, -0.15) is 0 Å². The summed E-state index contributed by atoms with van der Waals surface area (Å²) in [6, 6.07) is 11.1. The summed E-state index contributed by atoms with van der Waals surface area (Å²) in [4.78, 5) is 28.2. The van der Waals surface area contributed by atoms with Crippen LogP contribution in [0.25, 0.3) is 0 Å². The zero-order valence-corrected chi connectivity index (χ0v) is 25.0. The Kier molecular flexibility index (Phi) is 11.3. The van der Waals surface area contributed by atoms with Crippen LogP contribution >= 0.6 is 23.2 Å². The van der Waals surface area contributed by atoms with Gasteiger partial charge >= 0.3 is 0 Å². The molecule has 11 heteroatoms. The van der Waals surface area contributed by atoms with E-state index in [4.69, 9.17) is 27.9 Å². The van der Waals surface area contributed by atoms with Gasteiger partial charge in [0.1, 0.15) is 11.8 Å². The maximum Gasteiger partial charge on any atom is 0.242 e. The molecule has 0 aromatic heterocycles. The highest BCUT2D eigenvalue weighted by molar-refractivity contribution is 7.92. The number of nitrogens with zero attached hydrogens (tertiary/aromatic N) is 2. The number of rotatable bonds is 12. The highest BCUT2D eigenvalue weighted by atomic mass is 35.5. The van der Waals surface area contributed by atoms with Crippen LogP contribution in [-0.4, -0.2) is 57.1 Å². The van der Waals surface area contributed by atoms with E-state index in [0.717, 1.165) is 31.9 Å². The van der Waals surface area contributed by atoms with E-state index in [0.29, 0.717) is 27.0 Å². The molecule has 0 heterocycles. The summed E-state index contributed by atoms with van der Waals surface area (Å²) in [6.45, 7) is 1.94. The molecule has 0 radical (unpaired) electrons. The smallest absolute Gasteiger partial charge is 0.242 e. The molecule has 1 atom stereocenters. The van der Waals surface area contributed by atoms with Crippen molar-refractivity contribution in [3.63, 3.8) is 0 Å². The number of anilines is 1. The summed E-state index contributed by atoms with van der Waals surface area (Å²) in [5, 5.41) is 3.99. The molecule has 1 saturated carbocycles. The molecule has 0 bridgehead atoms. The molecule has 2 aromatic rings. The first-order valence-electron chi connectivity index (χ1n) is 13.1. The Balaban J connectivity index is 1.74. The van der Waals surface area contributed by atoms with Crippen molar-refractivity contribution in [2.45, 2.75) is 70.5 Å². The van der Waals surface area contributed by atoms with Crippen molar-refractivity contribution in [2.75, 3.05) is 24.2 Å². The molecule has 8 nitrogen and oxygen atoms in total. The molecule has 1 aliphatic carbocycles. The first-order chi connectivity index (χ1) is 18.5. The number of sulfonamides is 1. The lowest BCUT2D eigenvalue weighted by Crippen LogP contribution is -2.50. The number of halogens is 2. The molecule has 1 N–H and O–H groups in total. The number of nitrogens with one attached hydrogen (secondary N) is 1. The van der Waals surface area contributed by atoms with E-state index in [9.17, 15) is 18.0 Å². The largest absolute Gasteiger partial charge is 0.497 e. The molecule has 1 fully saturated rings. The lowest BCUT2D eigenvalue weighted by molar-refractivity contribution is -0.141. The summed E-state index contributed by atoms with van der Waals surface area (Å²) in [6.07, 6.45) is 6.63. The fourth-order valence-electron chi connectivity index (χ4n) is 4.74. The average molecular weight is 599 g/mol. The van der Waals surface area contributed by atoms with E-state index in [1.54, 1.807) is 49.4 Å². The van der Waals surface area contributed by atoms with Gasteiger partial charge in [0.05, 0.1) is 19.1 Å². The number of hydrogen-bond donors (Lipinski definition) is 1. The third-order valence-corrected chi connectivity index (χ3v) is 8.77. The second-order valence-corrected chi connectivity index (χ2v) is 12.7. The minimum atomic E-state index is -3.59. The van der Waals surface area contributed by atoms with E-state index < -0.39 is 16.1 Å². The number of methoxy groups -OCH3 is 1. The number of benzene rings is 2. The van der Waals surface area contributed by atoms with Crippen LogP contribution in [-0.2, 0) is 26.2 Å². The van der Waals surface area contributed by atoms with Crippen molar-refractivity contribution in [3.8, 4) is 5.75 Å². The fraction of sp³-hybridized carbons (Fsp3) is 0.500. The third-order valence-electron chi connectivity index (χ3n) is 6.99. The van der Waals surface area contributed by atoms with Gasteiger partial charge < -0.3 is 15.0 Å². The molecule has 2 aromatic carbocycles. The Morgan fingerprint density at radius 1 is 1.08 bits per heavy atom. The van der Waals surface area contributed by atoms with Crippen molar-refractivity contribution >= 4 is 50.7 Å². The summed E-state index contributed by atoms with van der Waals surface area (Å²) in [5.41, 5.74) is 1.15. The van der Waals surface area contributed by atoms with Gasteiger partial charge in [-0.15, -0.1) is 0 Å². The molecular formula is C28H37Cl2N3O5S. The van der Waals surface area contributed by atoms with Crippen LogP contribution in [0, 0.1) is 0 Å². The molecule has 0 saturated heterocycles. The van der Waals surface area contributed by atoms with Crippen LogP contribution < -0.4 is 14.4 Å². The van der Waals surface area contributed by atoms with E-state index in [1.807, 2.05) is 0 Å². The van der Waals surface area contributed by atoms with E-state index in [1.165, 1.54) is 22.7 Å². The molecule has 39 heavy (non-hydrogen) atoms. The molecular weight excluding hydrogens is 561 g/mol. The molecule has 0 unspecified atom stereocenters. The van der Waals surface area contributed by atoms with E-state index in [-0.39, 0.29) is 43.8 Å². The molecule has 214 valence electrons. The van der Waals surface area contributed by atoms with Crippen LogP contribution in [0.1, 0.15) is 57.4 Å². The first-order valence-corrected chi connectivity index (χ1v) is 15.8. The van der Waals surface area contributed by atoms with Crippen molar-refractivity contribution in [1.82, 2.24) is 10.2 Å². The summed E-state index contributed by atoms with van der Waals surface area (Å²) in [7, 11) is -2.05. The van der Waals surface area contributed by atoms with Gasteiger partial charge in [0.15, 0.2) is 0 Å². The maximum absolute atomic E-state index is 13.5. The molecule has 2 amide bonds. The van der Waals surface area contributed by atoms with Gasteiger partial charge in [0.2, 0.25) is 21.8 Å². The average Bonchev–Trinajstić information content (AvgIpc) is 2.90. The SMILES string of the molecule is COc1ccc(N(CCCC(=O)N(Cc2ccc(Cl)cc2Cl)[C@@H](C)C(=O)NC2CCCCC2)S(C)(=O)=O)cc1. The van der Waals surface area contributed by atoms with Gasteiger partial charge in [-0.05, 0) is 68.1 Å². The standard InChI is InChI=1S/C28H37Cl2N3O5S/c1-20(28(35)31-23-8-5-4-6-9-23)32(19-21-11-12-22(29)18-26(21)30)27(34)10-7-17-33(39(3,36)37)24-13-15-25(38-2)16-14-24/h11-16,18,20,23H,4-10,17,19H2,1-3H3,(H,31,35)/t20-/m0/s1. The van der Waals surface area contributed by atoms with Gasteiger partial charge in [-0.3, -0.25) is 13.9 Å². The van der Waals surface area contributed by atoms with E-state index in [2.05, 4.69) is 5.32 Å². The highest BCUT2D eigenvalue weighted by Crippen LogP contribution is 2.25. The molecule has 0 spiro atoms. The zero-order chi connectivity index (χ0) is 28.6. The Labute approximate surface area is 241 Å². The van der Waals surface area contributed by atoms with Gasteiger partial charge in [-0.1, -0.05) is 48.5 Å². The van der Waals surface area contributed by atoms with Crippen molar-refractivity contribution in [2.24, 2.45) is 0 Å². The third kappa shape index (κ3) is 9.01. The molecule has 0 aliphatic heterocycles. The quantitative estimate of drug-likeness (QED) is 0.352. The number of ether oxygens (including phenoxy) is 1. The molecule has 3 rings (SSSR count). The summed E-state index contributed by atoms with van der Waals surface area (Å²) >= 11 is 12.4. The van der Waals surface area contributed by atoms with Gasteiger partial charge in [0, 0.05) is 35.6 Å². The Hall–Kier alpha value is -2.49. The van der Waals surface area contributed by atoms with Crippen LogP contribution in [0.15, 0.2) is 42.5 Å². The Morgan fingerprint density at radius 2 is 1.74 bits per heavy atom. The maximum atomic E-state index is 13.5. The number of carbonyl (C=O) groups is 2. The van der Waals surface area contributed by atoms with Crippen molar-refractivity contribution < 1.29 is 22.7 Å². The predicted molar refractivity (Wildman–Crippen MR) is 156 cm³/mol. The predicted octanol–water partition coefficient (Wildman–Crippen LogP) is 5.41. The fourth-order valence-corrected chi connectivity index (χ4v) is 6.17. The second-order valence-electron chi connectivity index (χ2n) is 9.91. The van der Waals surface area contributed by atoms with Crippen LogP contribution in [0.3, 0.4) is 0 Å². The monoisotopic (exact) mass is 597 g/mol. The minimum Gasteiger partial charge on any atom is -0.497 e. The Bertz CT molecular complexity index is 1230. The van der Waals surface area contributed by atoms with Crippen LogP contribution in [0.2, 0.25) is 10.0 Å². The first kappa shape index (κ1) is 31.0. The van der Waals surface area contributed by atoms with Crippen LogP contribution in [0.5, 0.6) is 5.75 Å². The lowest BCUT2D eigenvalue weighted by atomic mass is 9.95. The Morgan fingerprint density at radius 3 is 2.33 bits per heavy atom. The zero-order valence-electron chi connectivity index (χ0n) is 22.7. The van der Waals surface area contributed by atoms with Crippen molar-refractivity contribution in [3.05, 3.63) is 58.1 Å². The van der Waals surface area contributed by atoms with Crippen molar-refractivity contribution in [1.29, 1.82) is 0 Å². The van der Waals surface area contributed by atoms with Gasteiger partial charge in [-0.25, -0.2) is 8.42 Å². The highest BCUT2D eigenvalue weighted by Gasteiger charge is 2.29.